The van der Waals surface area contributed by atoms with E-state index in [1.54, 1.807) is 11.3 Å². The Labute approximate surface area is 157 Å². The lowest BCUT2D eigenvalue weighted by molar-refractivity contribution is -0.106. The highest BCUT2D eigenvalue weighted by molar-refractivity contribution is 9.11. The zero-order valence-electron chi connectivity index (χ0n) is 11.8. The highest BCUT2D eigenvalue weighted by Gasteiger charge is 2.22. The molecule has 0 aliphatic heterocycles. The van der Waals surface area contributed by atoms with Crippen molar-refractivity contribution in [3.63, 3.8) is 0 Å². The number of halogens is 2. The van der Waals surface area contributed by atoms with Crippen molar-refractivity contribution in [3.05, 3.63) is 47.8 Å². The van der Waals surface area contributed by atoms with Crippen LogP contribution in [-0.2, 0) is 4.79 Å². The summed E-state index contributed by atoms with van der Waals surface area (Å²) in [6.07, 6.45) is 0.496. The number of nitrogens with zero attached hydrogens (tertiary/aromatic N) is 1. The van der Waals surface area contributed by atoms with Crippen LogP contribution in [0.25, 0.3) is 10.6 Å². The molecule has 8 heteroatoms. The van der Waals surface area contributed by atoms with Gasteiger partial charge in [-0.1, -0.05) is 0 Å². The molecule has 3 heterocycles. The SMILES string of the molecule is Cc1c(-c2ccc(Br)s2)[nH]c(O)c1C(=NC=O)c1ccc(Br)s1. The van der Waals surface area contributed by atoms with Crippen LogP contribution >= 0.6 is 54.5 Å². The first kappa shape index (κ1) is 16.6. The van der Waals surface area contributed by atoms with Gasteiger partial charge in [-0.05, 0) is 68.6 Å². The van der Waals surface area contributed by atoms with Crippen molar-refractivity contribution >= 4 is 66.7 Å². The van der Waals surface area contributed by atoms with Gasteiger partial charge in [-0.15, -0.1) is 22.7 Å². The molecule has 0 aromatic carbocycles. The van der Waals surface area contributed by atoms with E-state index in [9.17, 15) is 9.90 Å². The normalized spacial score (nSPS) is 11.9. The summed E-state index contributed by atoms with van der Waals surface area (Å²) in [7, 11) is 0. The molecular formula is C15H10Br2N2O2S2. The third-order valence-electron chi connectivity index (χ3n) is 3.28. The Kier molecular flexibility index (Phi) is 4.86. The van der Waals surface area contributed by atoms with Gasteiger partial charge in [0.15, 0.2) is 5.88 Å². The maximum Gasteiger partial charge on any atom is 0.233 e. The van der Waals surface area contributed by atoms with Crippen molar-refractivity contribution in [2.45, 2.75) is 6.92 Å². The molecule has 0 unspecified atom stereocenters. The molecule has 0 aliphatic carbocycles. The summed E-state index contributed by atoms with van der Waals surface area (Å²) in [6.45, 7) is 1.90. The van der Waals surface area contributed by atoms with Gasteiger partial charge in [0.25, 0.3) is 0 Å². The number of aliphatic imine (C=N–C) groups is 1. The van der Waals surface area contributed by atoms with Crippen LogP contribution in [0.5, 0.6) is 5.88 Å². The summed E-state index contributed by atoms with van der Waals surface area (Å²) in [5.41, 5.74) is 2.68. The van der Waals surface area contributed by atoms with Crippen molar-refractivity contribution in [2.24, 2.45) is 4.99 Å². The minimum Gasteiger partial charge on any atom is -0.494 e. The van der Waals surface area contributed by atoms with Gasteiger partial charge < -0.3 is 10.1 Å². The van der Waals surface area contributed by atoms with Crippen molar-refractivity contribution in [1.82, 2.24) is 4.98 Å². The average molecular weight is 474 g/mol. The molecule has 1 amide bonds. The van der Waals surface area contributed by atoms with Gasteiger partial charge in [0.1, 0.15) is 0 Å². The summed E-state index contributed by atoms with van der Waals surface area (Å²) in [5, 5.41) is 10.4. The molecule has 4 nitrogen and oxygen atoms in total. The largest absolute Gasteiger partial charge is 0.494 e. The first-order valence-electron chi connectivity index (χ1n) is 6.46. The number of hydrogen-bond acceptors (Lipinski definition) is 4. The molecule has 0 fully saturated rings. The lowest BCUT2D eigenvalue weighted by atomic mass is 10.1. The van der Waals surface area contributed by atoms with Crippen molar-refractivity contribution in [1.29, 1.82) is 0 Å². The molecule has 2 N–H and O–H groups in total. The van der Waals surface area contributed by atoms with E-state index in [1.165, 1.54) is 11.3 Å². The zero-order valence-corrected chi connectivity index (χ0v) is 16.6. The van der Waals surface area contributed by atoms with Gasteiger partial charge >= 0.3 is 0 Å². The Balaban J connectivity index is 2.17. The monoisotopic (exact) mass is 472 g/mol. The van der Waals surface area contributed by atoms with E-state index in [-0.39, 0.29) is 5.88 Å². The Hall–Kier alpha value is -1.22. The molecule has 3 rings (SSSR count). The van der Waals surface area contributed by atoms with Gasteiger partial charge in [0.05, 0.1) is 34.3 Å². The number of aromatic nitrogens is 1. The highest BCUT2D eigenvalue weighted by atomic mass is 79.9. The van der Waals surface area contributed by atoms with Gasteiger partial charge in [0, 0.05) is 0 Å². The van der Waals surface area contributed by atoms with Gasteiger partial charge in [0.2, 0.25) is 6.41 Å². The molecule has 3 aromatic heterocycles. The van der Waals surface area contributed by atoms with E-state index in [2.05, 4.69) is 41.8 Å². The van der Waals surface area contributed by atoms with E-state index < -0.39 is 0 Å². The summed E-state index contributed by atoms with van der Waals surface area (Å²) < 4.78 is 1.94. The van der Waals surface area contributed by atoms with Crippen LogP contribution in [0.3, 0.4) is 0 Å². The van der Waals surface area contributed by atoms with E-state index in [0.717, 1.165) is 28.6 Å². The summed E-state index contributed by atoms with van der Waals surface area (Å²) >= 11 is 9.86. The highest BCUT2D eigenvalue weighted by Crippen LogP contribution is 2.38. The van der Waals surface area contributed by atoms with Gasteiger partial charge in [-0.3, -0.25) is 4.79 Å². The minimum atomic E-state index is 0.00662. The number of carbonyl (C=O) groups excluding carboxylic acids is 1. The molecule has 0 saturated heterocycles. The third-order valence-corrected chi connectivity index (χ3v) is 6.55. The van der Waals surface area contributed by atoms with Crippen LogP contribution in [0.4, 0.5) is 0 Å². The number of carbonyl (C=O) groups is 1. The predicted octanol–water partition coefficient (Wildman–Crippen LogP) is 5.34. The standard InChI is InChI=1S/C15H10Br2N2O2S2/c1-7-12(14(18-6-20)9-3-5-11(17)23-9)15(21)19-13(7)8-2-4-10(16)22-8/h2-6,19,21H,1H3. The van der Waals surface area contributed by atoms with E-state index in [0.29, 0.717) is 17.7 Å². The number of H-pyrrole nitrogens is 1. The first-order chi connectivity index (χ1) is 11.0. The number of rotatable bonds is 4. The molecule has 0 bridgehead atoms. The summed E-state index contributed by atoms with van der Waals surface area (Å²) in [4.78, 5) is 19.7. The molecule has 0 spiro atoms. The lowest BCUT2D eigenvalue weighted by Gasteiger charge is -2.03. The number of aromatic amines is 1. The fourth-order valence-electron chi connectivity index (χ4n) is 2.31. The van der Waals surface area contributed by atoms with Crippen LogP contribution in [0.15, 0.2) is 36.8 Å². The molecule has 0 aliphatic rings. The third kappa shape index (κ3) is 3.21. The molecule has 0 saturated carbocycles. The van der Waals surface area contributed by atoms with E-state index in [4.69, 9.17) is 0 Å². The molecule has 0 atom stereocenters. The topological polar surface area (TPSA) is 65.4 Å². The van der Waals surface area contributed by atoms with E-state index in [1.807, 2.05) is 31.2 Å². The molecule has 0 radical (unpaired) electrons. The quantitative estimate of drug-likeness (QED) is 0.396. The Morgan fingerprint density at radius 1 is 1.22 bits per heavy atom. The number of thiophene rings is 2. The fourth-order valence-corrected chi connectivity index (χ4v) is 5.14. The Morgan fingerprint density at radius 3 is 2.48 bits per heavy atom. The van der Waals surface area contributed by atoms with Crippen LogP contribution in [-0.4, -0.2) is 22.2 Å². The molecule has 3 aromatic rings. The maximum atomic E-state index is 11.0. The zero-order chi connectivity index (χ0) is 16.6. The minimum absolute atomic E-state index is 0.00662. The maximum absolute atomic E-state index is 11.0. The molecule has 118 valence electrons. The summed E-state index contributed by atoms with van der Waals surface area (Å²) in [5.74, 6) is 0.00662. The van der Waals surface area contributed by atoms with Crippen LogP contribution in [0.2, 0.25) is 0 Å². The van der Waals surface area contributed by atoms with Gasteiger partial charge in [-0.2, -0.15) is 0 Å². The fraction of sp³-hybridized carbons (Fsp3) is 0.0667. The second-order valence-corrected chi connectivity index (χ2v) is 9.57. The van der Waals surface area contributed by atoms with Crippen LogP contribution in [0.1, 0.15) is 16.0 Å². The lowest BCUT2D eigenvalue weighted by Crippen LogP contribution is -2.02. The second kappa shape index (κ2) is 6.72. The van der Waals surface area contributed by atoms with Crippen LogP contribution < -0.4 is 0 Å². The first-order valence-corrected chi connectivity index (χ1v) is 9.68. The molecular weight excluding hydrogens is 464 g/mol. The van der Waals surface area contributed by atoms with Crippen LogP contribution in [0, 0.1) is 6.92 Å². The number of amides is 1. The Bertz CT molecular complexity index is 909. The van der Waals surface area contributed by atoms with Crippen molar-refractivity contribution in [3.8, 4) is 16.5 Å². The van der Waals surface area contributed by atoms with Crippen molar-refractivity contribution in [2.75, 3.05) is 0 Å². The molecule has 23 heavy (non-hydrogen) atoms. The number of nitrogens with one attached hydrogen (secondary N) is 1. The second-order valence-electron chi connectivity index (χ2n) is 4.64. The number of hydrogen-bond donors (Lipinski definition) is 2. The number of aromatic hydroxyl groups is 1. The average Bonchev–Trinajstić information content (AvgIpc) is 3.18. The Morgan fingerprint density at radius 2 is 1.91 bits per heavy atom. The van der Waals surface area contributed by atoms with E-state index >= 15 is 0 Å². The van der Waals surface area contributed by atoms with Gasteiger partial charge in [-0.25, -0.2) is 4.99 Å². The summed E-state index contributed by atoms with van der Waals surface area (Å²) in [6, 6.07) is 7.67. The van der Waals surface area contributed by atoms with Crippen molar-refractivity contribution < 1.29 is 9.90 Å². The smallest absolute Gasteiger partial charge is 0.233 e. The predicted molar refractivity (Wildman–Crippen MR) is 102 cm³/mol.